The summed E-state index contributed by atoms with van der Waals surface area (Å²) in [5, 5.41) is 2.82. The minimum absolute atomic E-state index is 0.0975. The number of carbonyl (C=O) groups excluding carboxylic acids is 1. The van der Waals surface area contributed by atoms with Crippen LogP contribution in [0, 0.1) is 13.8 Å². The predicted octanol–water partition coefficient (Wildman–Crippen LogP) is 3.89. The molecule has 0 spiro atoms. The van der Waals surface area contributed by atoms with Gasteiger partial charge in [-0.05, 0) is 45.0 Å². The van der Waals surface area contributed by atoms with Crippen LogP contribution < -0.4 is 20.3 Å². The molecule has 2 heterocycles. The number of aromatic nitrogens is 2. The fourth-order valence-electron chi connectivity index (χ4n) is 3.09. The van der Waals surface area contributed by atoms with Gasteiger partial charge in [0.1, 0.15) is 23.9 Å². The van der Waals surface area contributed by atoms with Crippen molar-refractivity contribution in [3.63, 3.8) is 0 Å². The van der Waals surface area contributed by atoms with Gasteiger partial charge in [-0.1, -0.05) is 23.8 Å². The topological polar surface area (TPSA) is 95.1 Å². The maximum atomic E-state index is 12.5. The van der Waals surface area contributed by atoms with Gasteiger partial charge in [-0.15, -0.1) is 4.57 Å². The number of hydrogen-bond donors (Lipinski definition) is 1. The minimum atomic E-state index is -0.676. The third-order valence-electron chi connectivity index (χ3n) is 4.72. The number of nitrogens with zero attached hydrogens (tertiary/aromatic N) is 2. The van der Waals surface area contributed by atoms with Crippen molar-refractivity contribution in [2.45, 2.75) is 33.5 Å². The zero-order valence-electron chi connectivity index (χ0n) is 18.0. The highest BCUT2D eigenvalue weighted by Gasteiger charge is 2.15. The average molecular weight is 433 g/mol. The normalized spacial score (nSPS) is 11.8. The third-order valence-corrected chi connectivity index (χ3v) is 4.72. The number of hydrogen-bond acceptors (Lipinski definition) is 6. The predicted molar refractivity (Wildman–Crippen MR) is 119 cm³/mol. The Morgan fingerprint density at radius 2 is 1.88 bits per heavy atom. The Hall–Kier alpha value is -4.07. The van der Waals surface area contributed by atoms with Crippen LogP contribution in [0.25, 0.3) is 5.65 Å². The van der Waals surface area contributed by atoms with Crippen LogP contribution in [0.1, 0.15) is 23.9 Å². The van der Waals surface area contributed by atoms with Gasteiger partial charge in [0, 0.05) is 23.9 Å². The second-order valence-electron chi connectivity index (χ2n) is 7.46. The molecule has 0 fully saturated rings. The minimum Gasteiger partial charge on any atom is -0.487 e. The van der Waals surface area contributed by atoms with E-state index in [9.17, 15) is 9.59 Å². The Kier molecular flexibility index (Phi) is 5.93. The smallest absolute Gasteiger partial charge is 0.287 e. The molecule has 0 aliphatic carbocycles. The Morgan fingerprint density at radius 3 is 2.66 bits per heavy atom. The highest BCUT2D eigenvalue weighted by Crippen LogP contribution is 2.20. The molecule has 4 rings (SSSR count). The number of aryl methyl sites for hydroxylation is 2. The summed E-state index contributed by atoms with van der Waals surface area (Å²) in [6.07, 6.45) is -0.676. The summed E-state index contributed by atoms with van der Waals surface area (Å²) in [6.45, 7) is 5.52. The molecule has 0 radical (unpaired) electrons. The van der Waals surface area contributed by atoms with Crippen LogP contribution in [0.4, 0.5) is 5.69 Å². The number of rotatable bonds is 7. The number of nitrogens with one attached hydrogen (secondary N) is 1. The lowest BCUT2D eigenvalue weighted by Crippen LogP contribution is -2.30. The van der Waals surface area contributed by atoms with Crippen molar-refractivity contribution in [1.29, 1.82) is 0 Å². The van der Waals surface area contributed by atoms with E-state index in [1.807, 2.05) is 31.2 Å². The summed E-state index contributed by atoms with van der Waals surface area (Å²) in [4.78, 5) is 29.0. The molecule has 8 nitrogen and oxygen atoms in total. The molecule has 0 aliphatic rings. The molecule has 2 aromatic carbocycles. The zero-order valence-corrected chi connectivity index (χ0v) is 18.0. The lowest BCUT2D eigenvalue weighted by atomic mass is 10.2. The van der Waals surface area contributed by atoms with Crippen LogP contribution in [0.5, 0.6) is 11.5 Å². The molecule has 1 atom stereocenters. The highest BCUT2D eigenvalue weighted by atomic mass is 16.5. The SMILES string of the molecule is Cc1ccc(OC(C)C(=O)Nc2cccc(OCc3cc(=O)n4oc(C)cc4n3)c2)cc1. The van der Waals surface area contributed by atoms with Crippen LogP contribution >= 0.6 is 0 Å². The lowest BCUT2D eigenvalue weighted by molar-refractivity contribution is -0.122. The second-order valence-corrected chi connectivity index (χ2v) is 7.46. The number of benzene rings is 2. The van der Waals surface area contributed by atoms with E-state index in [4.69, 9.17) is 14.0 Å². The molecule has 8 heteroatoms. The van der Waals surface area contributed by atoms with Crippen molar-refractivity contribution in [2.75, 3.05) is 5.32 Å². The first-order valence-corrected chi connectivity index (χ1v) is 10.1. The van der Waals surface area contributed by atoms with Gasteiger partial charge in [-0.3, -0.25) is 9.59 Å². The quantitative estimate of drug-likeness (QED) is 0.475. The number of fused-ring (bicyclic) bond motifs is 1. The monoisotopic (exact) mass is 433 g/mol. The van der Waals surface area contributed by atoms with Crippen molar-refractivity contribution in [3.05, 3.63) is 88.0 Å². The van der Waals surface area contributed by atoms with Gasteiger partial charge in [-0.25, -0.2) is 4.98 Å². The van der Waals surface area contributed by atoms with E-state index in [0.717, 1.165) is 10.1 Å². The second kappa shape index (κ2) is 8.97. The van der Waals surface area contributed by atoms with Gasteiger partial charge in [-0.2, -0.15) is 0 Å². The Morgan fingerprint density at radius 1 is 1.09 bits per heavy atom. The average Bonchev–Trinajstić information content (AvgIpc) is 3.15. The van der Waals surface area contributed by atoms with Crippen LogP contribution in [0.3, 0.4) is 0 Å². The lowest BCUT2D eigenvalue weighted by Gasteiger charge is -2.15. The molecule has 0 saturated heterocycles. The number of carbonyl (C=O) groups is 1. The molecular formula is C24H23N3O5. The molecule has 1 unspecified atom stereocenters. The Balaban J connectivity index is 1.38. The molecule has 4 aromatic rings. The van der Waals surface area contributed by atoms with Crippen molar-refractivity contribution < 1.29 is 18.8 Å². The molecule has 32 heavy (non-hydrogen) atoms. The molecule has 1 N–H and O–H groups in total. The summed E-state index contributed by atoms with van der Waals surface area (Å²) in [6, 6.07) is 17.5. The molecular weight excluding hydrogens is 410 g/mol. The fraction of sp³-hybridized carbons (Fsp3) is 0.208. The van der Waals surface area contributed by atoms with E-state index in [1.54, 1.807) is 44.2 Å². The Bertz CT molecular complexity index is 1310. The molecule has 0 saturated carbocycles. The summed E-state index contributed by atoms with van der Waals surface area (Å²) in [7, 11) is 0. The first kappa shape index (κ1) is 21.2. The van der Waals surface area contributed by atoms with E-state index < -0.39 is 6.10 Å². The van der Waals surface area contributed by atoms with Gasteiger partial charge in [0.25, 0.3) is 11.5 Å². The molecule has 164 valence electrons. The third kappa shape index (κ3) is 4.97. The first-order chi connectivity index (χ1) is 15.4. The van der Waals surface area contributed by atoms with Crippen molar-refractivity contribution >= 4 is 17.2 Å². The van der Waals surface area contributed by atoms with Gasteiger partial charge < -0.3 is 19.3 Å². The molecule has 2 aromatic heterocycles. The largest absolute Gasteiger partial charge is 0.487 e. The van der Waals surface area contributed by atoms with Gasteiger partial charge in [0.15, 0.2) is 11.8 Å². The maximum Gasteiger partial charge on any atom is 0.287 e. The number of anilines is 1. The first-order valence-electron chi connectivity index (χ1n) is 10.1. The standard InChI is InChI=1S/C24H23N3O5/c1-15-7-9-20(10-8-15)31-17(3)24(29)26-18-5-4-6-21(12-18)30-14-19-13-23(28)27-22(25-19)11-16(2)32-27/h4-13,17H,14H2,1-3H3,(H,26,29). The van der Waals surface area contributed by atoms with Crippen molar-refractivity contribution in [3.8, 4) is 11.5 Å². The van der Waals surface area contributed by atoms with E-state index in [-0.39, 0.29) is 18.1 Å². The van der Waals surface area contributed by atoms with E-state index in [2.05, 4.69) is 10.3 Å². The summed E-state index contributed by atoms with van der Waals surface area (Å²) in [5.74, 6) is 1.47. The number of amides is 1. The van der Waals surface area contributed by atoms with Crippen LogP contribution in [0.2, 0.25) is 0 Å². The highest BCUT2D eigenvalue weighted by molar-refractivity contribution is 5.94. The van der Waals surface area contributed by atoms with Gasteiger partial charge in [0.05, 0.1) is 5.69 Å². The molecule has 0 bridgehead atoms. The maximum absolute atomic E-state index is 12.5. The van der Waals surface area contributed by atoms with Gasteiger partial charge >= 0.3 is 0 Å². The Labute approximate surface area is 184 Å². The van der Waals surface area contributed by atoms with Crippen LogP contribution in [-0.2, 0) is 11.4 Å². The van der Waals surface area contributed by atoms with Crippen molar-refractivity contribution in [2.24, 2.45) is 0 Å². The zero-order chi connectivity index (χ0) is 22.7. The van der Waals surface area contributed by atoms with E-state index in [0.29, 0.717) is 34.3 Å². The van der Waals surface area contributed by atoms with Gasteiger partial charge in [0.2, 0.25) is 0 Å². The summed E-state index contributed by atoms with van der Waals surface area (Å²) < 4.78 is 17.9. The summed E-state index contributed by atoms with van der Waals surface area (Å²) in [5.41, 5.74) is 2.28. The van der Waals surface area contributed by atoms with Crippen LogP contribution in [0.15, 0.2) is 70.0 Å². The molecule has 0 aliphatic heterocycles. The van der Waals surface area contributed by atoms with Crippen molar-refractivity contribution in [1.82, 2.24) is 9.56 Å². The van der Waals surface area contributed by atoms with E-state index in [1.165, 1.54) is 6.07 Å². The fourth-order valence-corrected chi connectivity index (χ4v) is 3.09. The molecule has 1 amide bonds. The summed E-state index contributed by atoms with van der Waals surface area (Å²) >= 11 is 0. The van der Waals surface area contributed by atoms with E-state index >= 15 is 0 Å². The number of ether oxygens (including phenoxy) is 2. The van der Waals surface area contributed by atoms with Crippen LogP contribution in [-0.4, -0.2) is 21.6 Å².